The van der Waals surface area contributed by atoms with Crippen molar-refractivity contribution in [2.45, 2.75) is 19.1 Å². The summed E-state index contributed by atoms with van der Waals surface area (Å²) in [7, 11) is 0. The molecule has 0 radical (unpaired) electrons. The van der Waals surface area contributed by atoms with Gasteiger partial charge in [0.25, 0.3) is 0 Å². The van der Waals surface area contributed by atoms with Gasteiger partial charge in [0.1, 0.15) is 5.76 Å². The van der Waals surface area contributed by atoms with Crippen LogP contribution in [0.15, 0.2) is 53.1 Å². The molecule has 0 spiro atoms. The molecule has 3 nitrogen and oxygen atoms in total. The Hall–Kier alpha value is -1.58. The van der Waals surface area contributed by atoms with Crippen LogP contribution < -0.4 is 5.32 Å². The molecule has 1 aromatic heterocycles. The average molecular weight is 231 g/mol. The molecule has 1 aromatic carbocycles. The molecular weight excluding hydrogens is 214 g/mol. The zero-order valence-corrected chi connectivity index (χ0v) is 9.67. The van der Waals surface area contributed by atoms with Crippen molar-refractivity contribution >= 4 is 0 Å². The molecule has 1 unspecified atom stereocenters. The molecule has 2 rings (SSSR count). The third-order valence-electron chi connectivity index (χ3n) is 2.57. The molecule has 0 aliphatic heterocycles. The van der Waals surface area contributed by atoms with Crippen LogP contribution >= 0.6 is 0 Å². The Morgan fingerprint density at radius 1 is 1.12 bits per heavy atom. The van der Waals surface area contributed by atoms with Crippen LogP contribution in [-0.2, 0) is 13.0 Å². The molecule has 3 heteroatoms. The molecule has 0 aliphatic carbocycles. The second-order valence-electron chi connectivity index (χ2n) is 4.05. The van der Waals surface area contributed by atoms with Crippen LogP contribution in [0.3, 0.4) is 0 Å². The van der Waals surface area contributed by atoms with E-state index in [0.29, 0.717) is 19.5 Å². The quantitative estimate of drug-likeness (QED) is 0.799. The predicted octanol–water partition coefficient (Wildman–Crippen LogP) is 1.97. The van der Waals surface area contributed by atoms with Crippen LogP contribution in [0.2, 0.25) is 0 Å². The van der Waals surface area contributed by atoms with E-state index in [1.165, 1.54) is 0 Å². The Kier molecular flexibility index (Phi) is 4.36. The fourth-order valence-electron chi connectivity index (χ4n) is 1.73. The maximum Gasteiger partial charge on any atom is 0.117 e. The maximum absolute atomic E-state index is 9.84. The molecule has 0 aliphatic rings. The van der Waals surface area contributed by atoms with E-state index in [1.807, 2.05) is 42.5 Å². The van der Waals surface area contributed by atoms with Gasteiger partial charge in [-0.1, -0.05) is 30.3 Å². The Balaban J connectivity index is 1.69. The predicted molar refractivity (Wildman–Crippen MR) is 66.6 cm³/mol. The van der Waals surface area contributed by atoms with E-state index in [1.54, 1.807) is 6.26 Å². The van der Waals surface area contributed by atoms with E-state index in [-0.39, 0.29) is 6.10 Å². The van der Waals surface area contributed by atoms with Crippen LogP contribution in [-0.4, -0.2) is 17.8 Å². The number of nitrogens with one attached hydrogen (secondary N) is 1. The third-order valence-corrected chi connectivity index (χ3v) is 2.57. The van der Waals surface area contributed by atoms with Gasteiger partial charge < -0.3 is 14.8 Å². The summed E-state index contributed by atoms with van der Waals surface area (Å²) < 4.78 is 5.19. The molecule has 1 atom stereocenters. The topological polar surface area (TPSA) is 45.4 Å². The van der Waals surface area contributed by atoms with Gasteiger partial charge in [0.15, 0.2) is 0 Å². The van der Waals surface area contributed by atoms with Gasteiger partial charge in [0.2, 0.25) is 0 Å². The van der Waals surface area contributed by atoms with E-state index in [9.17, 15) is 5.11 Å². The van der Waals surface area contributed by atoms with Gasteiger partial charge in [-0.3, -0.25) is 0 Å². The van der Waals surface area contributed by atoms with Crippen LogP contribution in [0.5, 0.6) is 0 Å². The lowest BCUT2D eigenvalue weighted by molar-refractivity contribution is 0.170. The fourth-order valence-corrected chi connectivity index (χ4v) is 1.73. The van der Waals surface area contributed by atoms with Crippen LogP contribution in [0, 0.1) is 0 Å². The van der Waals surface area contributed by atoms with Crippen molar-refractivity contribution in [3.05, 3.63) is 60.1 Å². The second-order valence-corrected chi connectivity index (χ2v) is 4.05. The minimum absolute atomic E-state index is 0.368. The van der Waals surface area contributed by atoms with Crippen molar-refractivity contribution < 1.29 is 9.52 Å². The van der Waals surface area contributed by atoms with E-state index < -0.39 is 0 Å². The van der Waals surface area contributed by atoms with Gasteiger partial charge in [-0.25, -0.2) is 0 Å². The van der Waals surface area contributed by atoms with Crippen LogP contribution in [0.25, 0.3) is 0 Å². The molecule has 1 heterocycles. The Morgan fingerprint density at radius 2 is 1.94 bits per heavy atom. The molecule has 90 valence electrons. The van der Waals surface area contributed by atoms with E-state index in [4.69, 9.17) is 4.42 Å². The van der Waals surface area contributed by atoms with Crippen molar-refractivity contribution in [2.24, 2.45) is 0 Å². The summed E-state index contributed by atoms with van der Waals surface area (Å²) in [5.74, 6) is 0.886. The number of rotatable bonds is 6. The summed E-state index contributed by atoms with van der Waals surface area (Å²) in [6, 6.07) is 13.8. The van der Waals surface area contributed by atoms with E-state index >= 15 is 0 Å². The first kappa shape index (κ1) is 11.9. The molecule has 0 amide bonds. The Labute approximate surface area is 101 Å². The lowest BCUT2D eigenvalue weighted by atomic mass is 10.1. The molecule has 0 saturated carbocycles. The summed E-state index contributed by atoms with van der Waals surface area (Å²) in [5.41, 5.74) is 1.15. The summed E-state index contributed by atoms with van der Waals surface area (Å²) in [6.07, 6.45) is 1.95. The highest BCUT2D eigenvalue weighted by Crippen LogP contribution is 2.03. The SMILES string of the molecule is OC(CNCc1ccco1)Cc1ccccc1. The van der Waals surface area contributed by atoms with Gasteiger partial charge >= 0.3 is 0 Å². The van der Waals surface area contributed by atoms with Gasteiger partial charge in [-0.05, 0) is 24.1 Å². The number of hydrogen-bond acceptors (Lipinski definition) is 3. The lowest BCUT2D eigenvalue weighted by Gasteiger charge is -2.11. The minimum Gasteiger partial charge on any atom is -0.468 e. The normalized spacial score (nSPS) is 12.5. The number of benzene rings is 1. The highest BCUT2D eigenvalue weighted by Gasteiger charge is 2.05. The highest BCUT2D eigenvalue weighted by atomic mass is 16.3. The van der Waals surface area contributed by atoms with Crippen LogP contribution in [0.1, 0.15) is 11.3 Å². The number of aliphatic hydroxyl groups is 1. The highest BCUT2D eigenvalue weighted by molar-refractivity contribution is 5.15. The van der Waals surface area contributed by atoms with Crippen molar-refractivity contribution in [3.8, 4) is 0 Å². The van der Waals surface area contributed by atoms with Gasteiger partial charge in [-0.2, -0.15) is 0 Å². The zero-order valence-electron chi connectivity index (χ0n) is 9.67. The smallest absolute Gasteiger partial charge is 0.117 e. The first-order valence-electron chi connectivity index (χ1n) is 5.79. The Morgan fingerprint density at radius 3 is 2.65 bits per heavy atom. The largest absolute Gasteiger partial charge is 0.468 e. The summed E-state index contributed by atoms with van der Waals surface area (Å²) in [4.78, 5) is 0. The lowest BCUT2D eigenvalue weighted by Crippen LogP contribution is -2.27. The zero-order chi connectivity index (χ0) is 11.9. The number of furan rings is 1. The average Bonchev–Trinajstić information content (AvgIpc) is 2.83. The maximum atomic E-state index is 9.84. The van der Waals surface area contributed by atoms with Crippen molar-refractivity contribution in [1.29, 1.82) is 0 Å². The molecule has 17 heavy (non-hydrogen) atoms. The first-order chi connectivity index (χ1) is 8.34. The fraction of sp³-hybridized carbons (Fsp3) is 0.286. The minimum atomic E-state index is -0.368. The van der Waals surface area contributed by atoms with Gasteiger partial charge in [0, 0.05) is 6.54 Å². The molecule has 0 saturated heterocycles. The van der Waals surface area contributed by atoms with Crippen molar-refractivity contribution in [2.75, 3.05) is 6.54 Å². The van der Waals surface area contributed by atoms with Gasteiger partial charge in [0.05, 0.1) is 18.9 Å². The van der Waals surface area contributed by atoms with Crippen molar-refractivity contribution in [1.82, 2.24) is 5.32 Å². The number of hydrogen-bond donors (Lipinski definition) is 2. The molecule has 0 fully saturated rings. The standard InChI is InChI=1S/C14H17NO2/c16-13(9-12-5-2-1-3-6-12)10-15-11-14-7-4-8-17-14/h1-8,13,15-16H,9-11H2. The summed E-state index contributed by atoms with van der Waals surface area (Å²) in [5, 5.41) is 13.0. The Bertz CT molecular complexity index is 411. The second kappa shape index (κ2) is 6.23. The summed E-state index contributed by atoms with van der Waals surface area (Å²) >= 11 is 0. The third kappa shape index (κ3) is 4.06. The monoisotopic (exact) mass is 231 g/mol. The number of aliphatic hydroxyl groups excluding tert-OH is 1. The van der Waals surface area contributed by atoms with Gasteiger partial charge in [-0.15, -0.1) is 0 Å². The van der Waals surface area contributed by atoms with E-state index in [2.05, 4.69) is 5.32 Å². The molecule has 0 bridgehead atoms. The van der Waals surface area contributed by atoms with Crippen LogP contribution in [0.4, 0.5) is 0 Å². The summed E-state index contributed by atoms with van der Waals surface area (Å²) in [6.45, 7) is 1.22. The molecule has 2 aromatic rings. The van der Waals surface area contributed by atoms with E-state index in [0.717, 1.165) is 11.3 Å². The first-order valence-corrected chi connectivity index (χ1v) is 5.79. The molecular formula is C14H17NO2. The van der Waals surface area contributed by atoms with Crippen molar-refractivity contribution in [3.63, 3.8) is 0 Å². The molecule has 2 N–H and O–H groups in total.